The second kappa shape index (κ2) is 7.98. The molecule has 4 rings (SSSR count). The van der Waals surface area contributed by atoms with Gasteiger partial charge in [-0.25, -0.2) is 0 Å². The summed E-state index contributed by atoms with van der Waals surface area (Å²) in [6.45, 7) is 8.79. The third kappa shape index (κ3) is 3.55. The highest BCUT2D eigenvalue weighted by Crippen LogP contribution is 2.46. The first-order valence-electron chi connectivity index (χ1n) is 10.8. The molecule has 0 aliphatic heterocycles. The molecule has 29 heavy (non-hydrogen) atoms. The van der Waals surface area contributed by atoms with Gasteiger partial charge in [0.15, 0.2) is 0 Å². The van der Waals surface area contributed by atoms with Crippen LogP contribution in [0.15, 0.2) is 60.7 Å². The van der Waals surface area contributed by atoms with E-state index in [1.807, 2.05) is 55.5 Å². The zero-order valence-electron chi connectivity index (χ0n) is 17.8. The summed E-state index contributed by atoms with van der Waals surface area (Å²) >= 11 is 0. The maximum Gasteiger partial charge on any atom is 0.254 e. The van der Waals surface area contributed by atoms with Gasteiger partial charge in [0, 0.05) is 17.0 Å². The van der Waals surface area contributed by atoms with Crippen LogP contribution in [0.4, 0.5) is 0 Å². The minimum Gasteiger partial charge on any atom is -0.272 e. The largest absolute Gasteiger partial charge is 0.272 e. The summed E-state index contributed by atoms with van der Waals surface area (Å²) in [5, 5.41) is 4.99. The second-order valence-electron chi connectivity index (χ2n) is 8.72. The van der Waals surface area contributed by atoms with Gasteiger partial charge in [0.1, 0.15) is 0 Å². The van der Waals surface area contributed by atoms with Crippen molar-refractivity contribution in [2.45, 2.75) is 58.3 Å². The topological polar surface area (TPSA) is 34.9 Å². The molecule has 3 heteroatoms. The van der Waals surface area contributed by atoms with Gasteiger partial charge >= 0.3 is 0 Å². The molecular weight excluding hydrogens is 356 g/mol. The van der Waals surface area contributed by atoms with E-state index in [1.54, 1.807) is 4.68 Å². The third-order valence-corrected chi connectivity index (χ3v) is 6.44. The smallest absolute Gasteiger partial charge is 0.254 e. The molecule has 3 aromatic rings. The molecule has 0 bridgehead atoms. The first-order chi connectivity index (χ1) is 14.0. The number of nitrogens with zero attached hydrogens (tertiary/aromatic N) is 2. The lowest BCUT2D eigenvalue weighted by atomic mass is 9.75. The Balaban J connectivity index is 1.89. The maximum atomic E-state index is 13.6. The molecule has 3 nitrogen and oxygen atoms in total. The molecule has 0 N–H and O–H groups in total. The highest BCUT2D eigenvalue weighted by Gasteiger charge is 2.36. The fourth-order valence-corrected chi connectivity index (χ4v) is 4.67. The lowest BCUT2D eigenvalue weighted by molar-refractivity contribution is 0.0869. The van der Waals surface area contributed by atoms with Crippen LogP contribution in [0.25, 0.3) is 11.3 Å². The van der Waals surface area contributed by atoms with E-state index in [0.717, 1.165) is 35.4 Å². The van der Waals surface area contributed by atoms with Crippen molar-refractivity contribution in [2.75, 3.05) is 0 Å². The molecule has 0 unspecified atom stereocenters. The van der Waals surface area contributed by atoms with E-state index in [9.17, 15) is 4.79 Å². The summed E-state index contributed by atoms with van der Waals surface area (Å²) < 4.78 is 1.72. The molecule has 0 spiro atoms. The molecule has 0 amide bonds. The summed E-state index contributed by atoms with van der Waals surface area (Å²) in [5.74, 6) is 1.12. The van der Waals surface area contributed by atoms with Crippen LogP contribution < -0.4 is 0 Å². The van der Waals surface area contributed by atoms with Crippen molar-refractivity contribution in [1.29, 1.82) is 0 Å². The Bertz CT molecular complexity index is 988. The van der Waals surface area contributed by atoms with Gasteiger partial charge in [0.05, 0.1) is 17.3 Å². The van der Waals surface area contributed by atoms with E-state index >= 15 is 0 Å². The van der Waals surface area contributed by atoms with Crippen molar-refractivity contribution in [2.24, 2.45) is 5.92 Å². The summed E-state index contributed by atoms with van der Waals surface area (Å²) in [7, 11) is 0. The molecule has 1 aromatic heterocycles. The van der Waals surface area contributed by atoms with Crippen molar-refractivity contribution in [3.05, 3.63) is 77.5 Å². The number of aromatic nitrogens is 2. The highest BCUT2D eigenvalue weighted by atomic mass is 16.2. The summed E-state index contributed by atoms with van der Waals surface area (Å²) in [5.41, 5.74) is 5.50. The standard InChI is InChI=1S/C26H30N2O/c1-17(2)22-16-15-18(3)23-24(22)27-28(25(23)21-13-9-6-10-14-21)26(29)19(4)20-11-7-5-8-12-20/h5-14,17-19,22H,15-16H2,1-4H3/t18-,19-,22+/m1/s1. The Morgan fingerprint density at radius 1 is 0.966 bits per heavy atom. The fourth-order valence-electron chi connectivity index (χ4n) is 4.67. The van der Waals surface area contributed by atoms with Gasteiger partial charge in [0.25, 0.3) is 5.91 Å². The molecule has 3 atom stereocenters. The Morgan fingerprint density at radius 3 is 2.21 bits per heavy atom. The predicted octanol–water partition coefficient (Wildman–Crippen LogP) is 6.63. The zero-order valence-corrected chi connectivity index (χ0v) is 17.8. The molecule has 150 valence electrons. The molecule has 1 aliphatic rings. The average Bonchev–Trinajstić information content (AvgIpc) is 3.15. The second-order valence-corrected chi connectivity index (χ2v) is 8.72. The lowest BCUT2D eigenvalue weighted by Gasteiger charge is -2.28. The first-order valence-corrected chi connectivity index (χ1v) is 10.8. The Labute approximate surface area is 173 Å². The molecule has 2 aromatic carbocycles. The van der Waals surface area contributed by atoms with Gasteiger partial charge in [-0.15, -0.1) is 0 Å². The molecule has 0 saturated heterocycles. The molecule has 0 fully saturated rings. The normalized spacial score (nSPS) is 19.8. The number of hydrogen-bond donors (Lipinski definition) is 0. The van der Waals surface area contributed by atoms with Crippen molar-refractivity contribution in [3.63, 3.8) is 0 Å². The minimum atomic E-state index is -0.243. The first kappa shape index (κ1) is 19.6. The van der Waals surface area contributed by atoms with Gasteiger partial charge < -0.3 is 0 Å². The van der Waals surface area contributed by atoms with E-state index < -0.39 is 0 Å². The van der Waals surface area contributed by atoms with Crippen LogP contribution in [-0.4, -0.2) is 15.7 Å². The number of carbonyl (C=O) groups excluding carboxylic acids is 1. The quantitative estimate of drug-likeness (QED) is 0.504. The maximum absolute atomic E-state index is 13.6. The van der Waals surface area contributed by atoms with Crippen molar-refractivity contribution < 1.29 is 4.79 Å². The average molecular weight is 387 g/mol. The van der Waals surface area contributed by atoms with Crippen LogP contribution in [0.1, 0.15) is 79.9 Å². The SMILES string of the molecule is CC(C)[C@@H]1CC[C@@H](C)c2c1nn(C(=O)[C@H](C)c1ccccc1)c2-c1ccccc1. The molecule has 0 radical (unpaired) electrons. The van der Waals surface area contributed by atoms with E-state index in [0.29, 0.717) is 17.8 Å². The van der Waals surface area contributed by atoms with Crippen LogP contribution in [0.2, 0.25) is 0 Å². The summed E-state index contributed by atoms with van der Waals surface area (Å²) in [6.07, 6.45) is 2.28. The zero-order chi connectivity index (χ0) is 20.5. The minimum absolute atomic E-state index is 0.0409. The van der Waals surface area contributed by atoms with Gasteiger partial charge in [-0.05, 0) is 37.2 Å². The number of hydrogen-bond acceptors (Lipinski definition) is 2. The molecule has 1 heterocycles. The number of carbonyl (C=O) groups is 1. The Hall–Kier alpha value is -2.68. The Kier molecular flexibility index (Phi) is 5.40. The van der Waals surface area contributed by atoms with Crippen LogP contribution in [0.3, 0.4) is 0 Å². The van der Waals surface area contributed by atoms with Crippen LogP contribution in [0.5, 0.6) is 0 Å². The van der Waals surface area contributed by atoms with Gasteiger partial charge in [-0.3, -0.25) is 4.79 Å². The van der Waals surface area contributed by atoms with E-state index in [1.165, 1.54) is 5.56 Å². The molecular formula is C26H30N2O. The predicted molar refractivity (Wildman–Crippen MR) is 118 cm³/mol. The fraction of sp³-hybridized carbons (Fsp3) is 0.385. The lowest BCUT2D eigenvalue weighted by Crippen LogP contribution is -2.20. The van der Waals surface area contributed by atoms with Gasteiger partial charge in [-0.2, -0.15) is 9.78 Å². The monoisotopic (exact) mass is 386 g/mol. The van der Waals surface area contributed by atoms with Gasteiger partial charge in [0.2, 0.25) is 0 Å². The van der Waals surface area contributed by atoms with Crippen molar-refractivity contribution in [3.8, 4) is 11.3 Å². The number of benzene rings is 2. The molecule has 1 aliphatic carbocycles. The highest BCUT2D eigenvalue weighted by molar-refractivity contribution is 5.89. The van der Waals surface area contributed by atoms with Gasteiger partial charge in [-0.1, -0.05) is 81.4 Å². The van der Waals surface area contributed by atoms with Crippen molar-refractivity contribution in [1.82, 2.24) is 9.78 Å². The number of rotatable bonds is 4. The van der Waals surface area contributed by atoms with Crippen LogP contribution >= 0.6 is 0 Å². The van der Waals surface area contributed by atoms with E-state index in [2.05, 4.69) is 32.9 Å². The van der Waals surface area contributed by atoms with Crippen molar-refractivity contribution >= 4 is 5.91 Å². The van der Waals surface area contributed by atoms with E-state index in [4.69, 9.17) is 5.10 Å². The third-order valence-electron chi connectivity index (χ3n) is 6.44. The summed E-state index contributed by atoms with van der Waals surface area (Å²) in [4.78, 5) is 13.6. The Morgan fingerprint density at radius 2 is 1.59 bits per heavy atom. The van der Waals surface area contributed by atoms with Crippen LogP contribution in [0, 0.1) is 5.92 Å². The van der Waals surface area contributed by atoms with Crippen LogP contribution in [-0.2, 0) is 0 Å². The number of fused-ring (bicyclic) bond motifs is 1. The van der Waals surface area contributed by atoms with E-state index in [-0.39, 0.29) is 11.8 Å². The summed E-state index contributed by atoms with van der Waals surface area (Å²) in [6, 6.07) is 20.3. The molecule has 0 saturated carbocycles.